The van der Waals surface area contributed by atoms with Crippen LogP contribution in [-0.4, -0.2) is 38.5 Å². The first kappa shape index (κ1) is 25.8. The van der Waals surface area contributed by atoms with Gasteiger partial charge in [0, 0.05) is 30.0 Å². The molecule has 1 aliphatic heterocycles. The monoisotopic (exact) mass is 557 g/mol. The van der Waals surface area contributed by atoms with Crippen LogP contribution < -0.4 is 10.1 Å². The first-order valence-corrected chi connectivity index (χ1v) is 13.8. The van der Waals surface area contributed by atoms with Gasteiger partial charge in [0.2, 0.25) is 0 Å². The second kappa shape index (κ2) is 11.3. The molecule has 8 nitrogen and oxygen atoms in total. The van der Waals surface area contributed by atoms with E-state index in [0.717, 1.165) is 29.8 Å². The summed E-state index contributed by atoms with van der Waals surface area (Å²) in [6.07, 6.45) is 8.83. The van der Waals surface area contributed by atoms with Crippen molar-refractivity contribution in [1.29, 1.82) is 0 Å². The summed E-state index contributed by atoms with van der Waals surface area (Å²) in [5.74, 6) is 0.205. The standard InChI is InChI=1S/C26H25Cl2N5O3S/c1-15(24-19(27)13-29-14-20(24)28)36-17-7-8-21-18(11-17)25(32-33(21)23-5-3-4-10-35-23)26(34)31-16-6-9-22(37-2)30-12-16/h6-9,11-15,23H,3-5,10H2,1-2H3,(H,31,34). The van der Waals surface area contributed by atoms with Crippen LogP contribution in [0.15, 0.2) is 53.9 Å². The summed E-state index contributed by atoms with van der Waals surface area (Å²) >= 11 is 14.2. The number of rotatable bonds is 7. The number of amides is 1. The van der Waals surface area contributed by atoms with Gasteiger partial charge in [0.25, 0.3) is 5.91 Å². The van der Waals surface area contributed by atoms with E-state index < -0.39 is 6.10 Å². The first-order valence-electron chi connectivity index (χ1n) is 11.9. The summed E-state index contributed by atoms with van der Waals surface area (Å²) in [6, 6.07) is 9.22. The van der Waals surface area contributed by atoms with Crippen LogP contribution in [0, 0.1) is 0 Å². The zero-order valence-electron chi connectivity index (χ0n) is 20.3. The smallest absolute Gasteiger partial charge is 0.276 e. The molecule has 0 bridgehead atoms. The lowest BCUT2D eigenvalue weighted by Crippen LogP contribution is -2.20. The molecular formula is C26H25Cl2N5O3S. The minimum atomic E-state index is -0.449. The third-order valence-electron chi connectivity index (χ3n) is 6.13. The van der Waals surface area contributed by atoms with Crippen molar-refractivity contribution in [3.05, 3.63) is 70.2 Å². The van der Waals surface area contributed by atoms with E-state index in [1.807, 2.05) is 43.5 Å². The molecule has 1 amide bonds. The number of benzene rings is 1. The number of thioether (sulfide) groups is 1. The molecule has 0 aliphatic carbocycles. The van der Waals surface area contributed by atoms with Crippen LogP contribution in [0.2, 0.25) is 10.0 Å². The minimum Gasteiger partial charge on any atom is -0.486 e. The summed E-state index contributed by atoms with van der Waals surface area (Å²) in [7, 11) is 0. The van der Waals surface area contributed by atoms with Gasteiger partial charge in [-0.05, 0) is 62.8 Å². The van der Waals surface area contributed by atoms with Crippen molar-refractivity contribution < 1.29 is 14.3 Å². The number of aromatic nitrogens is 4. The van der Waals surface area contributed by atoms with Gasteiger partial charge in [-0.1, -0.05) is 23.2 Å². The van der Waals surface area contributed by atoms with Crippen molar-refractivity contribution in [1.82, 2.24) is 19.7 Å². The van der Waals surface area contributed by atoms with Crippen molar-refractivity contribution in [2.45, 2.75) is 43.5 Å². The quantitative estimate of drug-likeness (QED) is 0.246. The maximum atomic E-state index is 13.4. The van der Waals surface area contributed by atoms with Gasteiger partial charge in [0.15, 0.2) is 11.9 Å². The second-order valence-corrected chi connectivity index (χ2v) is 10.3. The molecule has 2 unspecified atom stereocenters. The summed E-state index contributed by atoms with van der Waals surface area (Å²) in [6.45, 7) is 2.52. The molecule has 0 radical (unpaired) electrons. The summed E-state index contributed by atoms with van der Waals surface area (Å²) < 4.78 is 14.0. The number of carbonyl (C=O) groups excluding carboxylic acids is 1. The highest BCUT2D eigenvalue weighted by atomic mass is 35.5. The van der Waals surface area contributed by atoms with Crippen LogP contribution >= 0.6 is 35.0 Å². The molecule has 5 rings (SSSR count). The molecule has 4 heterocycles. The van der Waals surface area contributed by atoms with E-state index in [1.165, 1.54) is 24.2 Å². The van der Waals surface area contributed by atoms with E-state index in [4.69, 9.17) is 37.8 Å². The Hall–Kier alpha value is -2.85. The van der Waals surface area contributed by atoms with Crippen LogP contribution in [0.25, 0.3) is 10.9 Å². The van der Waals surface area contributed by atoms with Crippen molar-refractivity contribution >= 4 is 57.5 Å². The van der Waals surface area contributed by atoms with Crippen molar-refractivity contribution in [2.24, 2.45) is 0 Å². The van der Waals surface area contributed by atoms with Gasteiger partial charge in [-0.25, -0.2) is 9.67 Å². The zero-order valence-corrected chi connectivity index (χ0v) is 22.6. The molecule has 0 saturated carbocycles. The van der Waals surface area contributed by atoms with Crippen LogP contribution in [0.5, 0.6) is 5.75 Å². The lowest BCUT2D eigenvalue weighted by atomic mass is 10.1. The number of anilines is 1. The molecule has 3 aromatic heterocycles. The van der Waals surface area contributed by atoms with Crippen molar-refractivity contribution in [3.8, 4) is 5.75 Å². The van der Waals surface area contributed by atoms with E-state index in [9.17, 15) is 4.79 Å². The third kappa shape index (κ3) is 5.55. The van der Waals surface area contributed by atoms with Crippen LogP contribution in [0.4, 0.5) is 5.69 Å². The van der Waals surface area contributed by atoms with Crippen LogP contribution in [0.1, 0.15) is 54.6 Å². The molecule has 0 spiro atoms. The third-order valence-corrected chi connectivity index (χ3v) is 7.40. The highest BCUT2D eigenvalue weighted by Gasteiger charge is 2.25. The highest BCUT2D eigenvalue weighted by Crippen LogP contribution is 2.35. The number of pyridine rings is 2. The number of nitrogens with one attached hydrogen (secondary N) is 1. The fourth-order valence-electron chi connectivity index (χ4n) is 4.34. The molecule has 37 heavy (non-hydrogen) atoms. The average Bonchev–Trinajstić information content (AvgIpc) is 3.28. The average molecular weight is 558 g/mol. The molecular weight excluding hydrogens is 533 g/mol. The number of halogens is 2. The van der Waals surface area contributed by atoms with E-state index in [1.54, 1.807) is 10.9 Å². The van der Waals surface area contributed by atoms with E-state index in [0.29, 0.717) is 39.0 Å². The summed E-state index contributed by atoms with van der Waals surface area (Å²) in [5.41, 5.74) is 2.29. The fourth-order valence-corrected chi connectivity index (χ4v) is 5.37. The van der Waals surface area contributed by atoms with Crippen LogP contribution in [0.3, 0.4) is 0 Å². The largest absolute Gasteiger partial charge is 0.486 e. The first-order chi connectivity index (χ1) is 17.9. The fraction of sp³-hybridized carbons (Fsp3) is 0.308. The predicted octanol–water partition coefficient (Wildman–Crippen LogP) is 6.95. The lowest BCUT2D eigenvalue weighted by molar-refractivity contribution is -0.0367. The normalized spacial score (nSPS) is 16.5. The van der Waals surface area contributed by atoms with Gasteiger partial charge in [-0.3, -0.25) is 9.78 Å². The Balaban J connectivity index is 1.50. The molecule has 1 fully saturated rings. The molecule has 192 valence electrons. The molecule has 1 aromatic carbocycles. The predicted molar refractivity (Wildman–Crippen MR) is 146 cm³/mol. The lowest BCUT2D eigenvalue weighted by Gasteiger charge is -2.23. The Bertz CT molecular complexity index is 1400. The SMILES string of the molecule is CSc1ccc(NC(=O)c2nn(C3CCCCO3)c3ccc(OC(C)c4c(Cl)cncc4Cl)cc23)cn1. The van der Waals surface area contributed by atoms with E-state index in [2.05, 4.69) is 15.3 Å². The maximum absolute atomic E-state index is 13.4. The Kier molecular flexibility index (Phi) is 7.85. The minimum absolute atomic E-state index is 0.236. The molecule has 2 atom stereocenters. The van der Waals surface area contributed by atoms with Gasteiger partial charge in [-0.15, -0.1) is 11.8 Å². The van der Waals surface area contributed by atoms with E-state index >= 15 is 0 Å². The van der Waals surface area contributed by atoms with Gasteiger partial charge >= 0.3 is 0 Å². The van der Waals surface area contributed by atoms with Gasteiger partial charge in [0.05, 0.1) is 32.5 Å². The molecule has 1 saturated heterocycles. The zero-order chi connectivity index (χ0) is 25.9. The van der Waals surface area contributed by atoms with E-state index in [-0.39, 0.29) is 17.8 Å². The van der Waals surface area contributed by atoms with Gasteiger partial charge in [0.1, 0.15) is 11.9 Å². The summed E-state index contributed by atoms with van der Waals surface area (Å²) in [5, 5.41) is 9.97. The number of hydrogen-bond donors (Lipinski definition) is 1. The Labute approximate surface area is 228 Å². The van der Waals surface area contributed by atoms with Crippen molar-refractivity contribution in [3.63, 3.8) is 0 Å². The van der Waals surface area contributed by atoms with Gasteiger partial charge < -0.3 is 14.8 Å². The second-order valence-electron chi connectivity index (χ2n) is 8.61. The number of fused-ring (bicyclic) bond motifs is 1. The molecule has 11 heteroatoms. The number of hydrogen-bond acceptors (Lipinski definition) is 7. The summed E-state index contributed by atoms with van der Waals surface area (Å²) in [4.78, 5) is 21.7. The van der Waals surface area contributed by atoms with Crippen LogP contribution in [-0.2, 0) is 4.74 Å². The van der Waals surface area contributed by atoms with Crippen molar-refractivity contribution in [2.75, 3.05) is 18.2 Å². The topological polar surface area (TPSA) is 91.2 Å². The highest BCUT2D eigenvalue weighted by molar-refractivity contribution is 7.98. The molecule has 1 N–H and O–H groups in total. The number of carbonyl (C=O) groups is 1. The Morgan fingerprint density at radius 2 is 2.00 bits per heavy atom. The number of nitrogens with zero attached hydrogens (tertiary/aromatic N) is 4. The Morgan fingerprint density at radius 1 is 1.19 bits per heavy atom. The molecule has 1 aliphatic rings. The maximum Gasteiger partial charge on any atom is 0.276 e. The number of ether oxygens (including phenoxy) is 2. The molecule has 4 aromatic rings. The van der Waals surface area contributed by atoms with Gasteiger partial charge in [-0.2, -0.15) is 5.10 Å². The Morgan fingerprint density at radius 3 is 2.68 bits per heavy atom.